The highest BCUT2D eigenvalue weighted by Crippen LogP contribution is 2.25. The number of aromatic nitrogens is 1. The SMILES string of the molecule is COC(c1ccccc1)c1cnc(CCl)o1. The second-order valence-corrected chi connectivity index (χ2v) is 3.58. The minimum Gasteiger partial charge on any atom is -0.441 e. The predicted molar refractivity (Wildman–Crippen MR) is 61.4 cm³/mol. The Labute approximate surface area is 99.0 Å². The number of halogens is 1. The van der Waals surface area contributed by atoms with Crippen LogP contribution in [0.25, 0.3) is 0 Å². The fourth-order valence-corrected chi connectivity index (χ4v) is 1.68. The molecule has 16 heavy (non-hydrogen) atoms. The third-order valence-electron chi connectivity index (χ3n) is 2.28. The largest absolute Gasteiger partial charge is 0.441 e. The van der Waals surface area contributed by atoms with Crippen LogP contribution in [0.3, 0.4) is 0 Å². The van der Waals surface area contributed by atoms with Crippen LogP contribution in [0.4, 0.5) is 0 Å². The Hall–Kier alpha value is -1.32. The van der Waals surface area contributed by atoms with E-state index in [0.29, 0.717) is 11.7 Å². The molecule has 1 heterocycles. The van der Waals surface area contributed by atoms with Crippen LogP contribution < -0.4 is 0 Å². The van der Waals surface area contributed by atoms with E-state index in [1.807, 2.05) is 30.3 Å². The van der Waals surface area contributed by atoms with Crippen LogP contribution in [-0.4, -0.2) is 12.1 Å². The first kappa shape index (κ1) is 11.2. The van der Waals surface area contributed by atoms with E-state index >= 15 is 0 Å². The van der Waals surface area contributed by atoms with Gasteiger partial charge in [-0.15, -0.1) is 11.6 Å². The summed E-state index contributed by atoms with van der Waals surface area (Å²) in [5, 5.41) is 0. The van der Waals surface area contributed by atoms with Gasteiger partial charge < -0.3 is 9.15 Å². The number of methoxy groups -OCH3 is 1. The molecule has 0 aliphatic heterocycles. The van der Waals surface area contributed by atoms with Crippen molar-refractivity contribution in [3.8, 4) is 0 Å². The van der Waals surface area contributed by atoms with Gasteiger partial charge in [0.1, 0.15) is 6.10 Å². The van der Waals surface area contributed by atoms with Gasteiger partial charge in [0.25, 0.3) is 0 Å². The summed E-state index contributed by atoms with van der Waals surface area (Å²) in [7, 11) is 1.64. The number of oxazole rings is 1. The zero-order valence-electron chi connectivity index (χ0n) is 8.89. The van der Waals surface area contributed by atoms with Crippen molar-refractivity contribution in [3.63, 3.8) is 0 Å². The van der Waals surface area contributed by atoms with Crippen molar-refractivity contribution in [2.75, 3.05) is 7.11 Å². The number of hydrogen-bond acceptors (Lipinski definition) is 3. The molecule has 84 valence electrons. The molecule has 2 rings (SSSR count). The van der Waals surface area contributed by atoms with Crippen LogP contribution in [0.2, 0.25) is 0 Å². The van der Waals surface area contributed by atoms with Crippen LogP contribution in [0.15, 0.2) is 40.9 Å². The highest BCUT2D eigenvalue weighted by Gasteiger charge is 2.17. The molecule has 3 nitrogen and oxygen atoms in total. The second kappa shape index (κ2) is 5.14. The summed E-state index contributed by atoms with van der Waals surface area (Å²) in [6.45, 7) is 0. The van der Waals surface area contributed by atoms with E-state index in [2.05, 4.69) is 4.98 Å². The molecule has 0 aliphatic carbocycles. The third kappa shape index (κ3) is 2.26. The molecule has 0 amide bonds. The van der Waals surface area contributed by atoms with Gasteiger partial charge in [0.05, 0.1) is 12.1 Å². The maximum absolute atomic E-state index is 5.64. The topological polar surface area (TPSA) is 35.3 Å². The molecular weight excluding hydrogens is 226 g/mol. The standard InChI is InChI=1S/C12H12ClNO2/c1-15-12(9-5-3-2-4-6-9)10-8-14-11(7-13)16-10/h2-6,8,12H,7H2,1H3. The molecular formula is C12H12ClNO2. The molecule has 0 spiro atoms. The zero-order chi connectivity index (χ0) is 11.4. The van der Waals surface area contributed by atoms with Crippen molar-refractivity contribution in [2.45, 2.75) is 12.0 Å². The molecule has 0 saturated carbocycles. The minimum absolute atomic E-state index is 0.231. The number of ether oxygens (including phenoxy) is 1. The smallest absolute Gasteiger partial charge is 0.209 e. The molecule has 0 N–H and O–H groups in total. The van der Waals surface area contributed by atoms with Gasteiger partial charge in [-0.2, -0.15) is 0 Å². The highest BCUT2D eigenvalue weighted by molar-refractivity contribution is 6.16. The van der Waals surface area contributed by atoms with E-state index in [-0.39, 0.29) is 12.0 Å². The van der Waals surface area contributed by atoms with Crippen LogP contribution in [0.1, 0.15) is 23.3 Å². The summed E-state index contributed by atoms with van der Waals surface area (Å²) >= 11 is 5.64. The average Bonchev–Trinajstić information content (AvgIpc) is 2.80. The van der Waals surface area contributed by atoms with E-state index in [1.54, 1.807) is 13.3 Å². The molecule has 1 atom stereocenters. The quantitative estimate of drug-likeness (QED) is 0.767. The summed E-state index contributed by atoms with van der Waals surface area (Å²) in [4.78, 5) is 4.05. The first-order valence-electron chi connectivity index (χ1n) is 4.93. The molecule has 0 bridgehead atoms. The van der Waals surface area contributed by atoms with Crippen molar-refractivity contribution in [1.29, 1.82) is 0 Å². The molecule has 0 saturated heterocycles. The Morgan fingerprint density at radius 3 is 2.69 bits per heavy atom. The monoisotopic (exact) mass is 237 g/mol. The summed E-state index contributed by atoms with van der Waals surface area (Å²) in [6.07, 6.45) is 1.42. The first-order chi connectivity index (χ1) is 7.85. The lowest BCUT2D eigenvalue weighted by molar-refractivity contribution is 0.115. The molecule has 4 heteroatoms. The summed E-state index contributed by atoms with van der Waals surface area (Å²) in [5.41, 5.74) is 1.03. The van der Waals surface area contributed by atoms with Gasteiger partial charge in [-0.05, 0) is 5.56 Å². The summed E-state index contributed by atoms with van der Waals surface area (Å²) in [5.74, 6) is 1.45. The van der Waals surface area contributed by atoms with Gasteiger partial charge in [0.15, 0.2) is 5.76 Å². The number of hydrogen-bond donors (Lipinski definition) is 0. The molecule has 0 aliphatic rings. The molecule has 0 fully saturated rings. The van der Waals surface area contributed by atoms with Crippen LogP contribution in [0.5, 0.6) is 0 Å². The lowest BCUT2D eigenvalue weighted by Gasteiger charge is -2.12. The zero-order valence-corrected chi connectivity index (χ0v) is 9.65. The van der Waals surface area contributed by atoms with Crippen molar-refractivity contribution < 1.29 is 9.15 Å². The van der Waals surface area contributed by atoms with Crippen molar-refractivity contribution in [1.82, 2.24) is 4.98 Å². The predicted octanol–water partition coefficient (Wildman–Crippen LogP) is 3.15. The van der Waals surface area contributed by atoms with Gasteiger partial charge in [0, 0.05) is 7.11 Å². The van der Waals surface area contributed by atoms with E-state index < -0.39 is 0 Å². The van der Waals surface area contributed by atoms with Crippen molar-refractivity contribution in [3.05, 3.63) is 53.7 Å². The molecule has 1 aromatic carbocycles. The Bertz CT molecular complexity index is 441. The Morgan fingerprint density at radius 2 is 2.12 bits per heavy atom. The number of alkyl halides is 1. The number of rotatable bonds is 4. The van der Waals surface area contributed by atoms with E-state index in [4.69, 9.17) is 20.8 Å². The van der Waals surface area contributed by atoms with Crippen LogP contribution in [-0.2, 0) is 10.6 Å². The van der Waals surface area contributed by atoms with Gasteiger partial charge in [-0.1, -0.05) is 30.3 Å². The van der Waals surface area contributed by atoms with Crippen LogP contribution in [0, 0.1) is 0 Å². The highest BCUT2D eigenvalue weighted by atomic mass is 35.5. The lowest BCUT2D eigenvalue weighted by Crippen LogP contribution is -2.01. The average molecular weight is 238 g/mol. The minimum atomic E-state index is -0.231. The van der Waals surface area contributed by atoms with E-state index in [0.717, 1.165) is 5.56 Å². The molecule has 2 aromatic rings. The van der Waals surface area contributed by atoms with E-state index in [1.165, 1.54) is 0 Å². The summed E-state index contributed by atoms with van der Waals surface area (Å²) < 4.78 is 10.9. The maximum atomic E-state index is 5.64. The number of nitrogens with zero attached hydrogens (tertiary/aromatic N) is 1. The Kier molecular flexibility index (Phi) is 3.59. The second-order valence-electron chi connectivity index (χ2n) is 3.32. The van der Waals surface area contributed by atoms with Gasteiger partial charge in [-0.25, -0.2) is 4.98 Å². The van der Waals surface area contributed by atoms with Gasteiger partial charge >= 0.3 is 0 Å². The fourth-order valence-electron chi connectivity index (χ4n) is 1.55. The van der Waals surface area contributed by atoms with E-state index in [9.17, 15) is 0 Å². The molecule has 1 unspecified atom stereocenters. The Morgan fingerprint density at radius 1 is 1.38 bits per heavy atom. The fraction of sp³-hybridized carbons (Fsp3) is 0.250. The molecule has 0 radical (unpaired) electrons. The lowest BCUT2D eigenvalue weighted by atomic mass is 10.1. The third-order valence-corrected chi connectivity index (χ3v) is 2.51. The maximum Gasteiger partial charge on any atom is 0.209 e. The van der Waals surface area contributed by atoms with Crippen LogP contribution >= 0.6 is 11.6 Å². The van der Waals surface area contributed by atoms with Gasteiger partial charge in [-0.3, -0.25) is 0 Å². The number of benzene rings is 1. The van der Waals surface area contributed by atoms with Crippen molar-refractivity contribution >= 4 is 11.6 Å². The van der Waals surface area contributed by atoms with Gasteiger partial charge in [0.2, 0.25) is 5.89 Å². The van der Waals surface area contributed by atoms with Crippen molar-refractivity contribution in [2.24, 2.45) is 0 Å². The Balaban J connectivity index is 2.29. The molecule has 1 aromatic heterocycles. The normalized spacial score (nSPS) is 12.6. The first-order valence-corrected chi connectivity index (χ1v) is 5.47. The summed E-state index contributed by atoms with van der Waals surface area (Å²) in [6, 6.07) is 9.84.